The number of carbonyl (C=O) groups excluding carboxylic acids is 2. The van der Waals surface area contributed by atoms with Gasteiger partial charge in [0.25, 0.3) is 0 Å². The van der Waals surface area contributed by atoms with Gasteiger partial charge in [-0.05, 0) is 42.7 Å². The van der Waals surface area contributed by atoms with E-state index in [1.807, 2.05) is 24.3 Å². The molecule has 2 aromatic rings. The van der Waals surface area contributed by atoms with Crippen LogP contribution < -0.4 is 25.0 Å². The molecule has 7 nitrogen and oxygen atoms in total. The Bertz CT molecular complexity index is 890. The fourth-order valence-corrected chi connectivity index (χ4v) is 3.79. The van der Waals surface area contributed by atoms with E-state index in [9.17, 15) is 9.59 Å². The maximum Gasteiger partial charge on any atom is 0.319 e. The van der Waals surface area contributed by atoms with Gasteiger partial charge in [0.05, 0.1) is 19.3 Å². The van der Waals surface area contributed by atoms with Gasteiger partial charge in [-0.25, -0.2) is 4.79 Å². The lowest BCUT2D eigenvalue weighted by atomic mass is 10.1. The van der Waals surface area contributed by atoms with Crippen molar-refractivity contribution in [3.63, 3.8) is 0 Å². The summed E-state index contributed by atoms with van der Waals surface area (Å²) in [4.78, 5) is 26.4. The summed E-state index contributed by atoms with van der Waals surface area (Å²) in [5.74, 6) is 1.57. The maximum atomic E-state index is 12.4. The van der Waals surface area contributed by atoms with Crippen molar-refractivity contribution in [2.45, 2.75) is 31.8 Å². The Hall–Kier alpha value is -3.22. The van der Waals surface area contributed by atoms with Crippen LogP contribution in [0.2, 0.25) is 0 Å². The number of ether oxygens (including phenoxy) is 2. The highest BCUT2D eigenvalue weighted by Gasteiger charge is 2.24. The van der Waals surface area contributed by atoms with Gasteiger partial charge in [0.15, 0.2) is 0 Å². The molecule has 4 rings (SSSR count). The Balaban J connectivity index is 1.37. The van der Waals surface area contributed by atoms with E-state index >= 15 is 0 Å². The summed E-state index contributed by atoms with van der Waals surface area (Å²) in [5.41, 5.74) is 2.45. The first kappa shape index (κ1) is 19.1. The lowest BCUT2D eigenvalue weighted by Crippen LogP contribution is -2.37. The van der Waals surface area contributed by atoms with Crippen LogP contribution >= 0.6 is 0 Å². The molecular weight excluding hydrogens is 370 g/mol. The van der Waals surface area contributed by atoms with E-state index in [0.29, 0.717) is 36.6 Å². The molecule has 0 aromatic heterocycles. The Morgan fingerprint density at radius 2 is 2.10 bits per heavy atom. The zero-order valence-electron chi connectivity index (χ0n) is 16.4. The van der Waals surface area contributed by atoms with Gasteiger partial charge in [0, 0.05) is 25.1 Å². The van der Waals surface area contributed by atoms with E-state index in [1.165, 1.54) is 0 Å². The Morgan fingerprint density at radius 1 is 1.24 bits per heavy atom. The number of hydrogen-bond donors (Lipinski definition) is 2. The second-order valence-electron chi connectivity index (χ2n) is 7.28. The summed E-state index contributed by atoms with van der Waals surface area (Å²) in [7, 11) is 1.58. The Morgan fingerprint density at radius 3 is 2.90 bits per heavy atom. The van der Waals surface area contributed by atoms with Gasteiger partial charge in [-0.3, -0.25) is 4.79 Å². The maximum absolute atomic E-state index is 12.4. The van der Waals surface area contributed by atoms with E-state index in [0.717, 1.165) is 30.6 Å². The van der Waals surface area contributed by atoms with Crippen LogP contribution in [0.5, 0.6) is 11.5 Å². The molecule has 2 aliphatic rings. The fraction of sp³-hybridized carbons (Fsp3) is 0.364. The molecule has 29 heavy (non-hydrogen) atoms. The minimum absolute atomic E-state index is 0.0736. The predicted octanol–water partition coefficient (Wildman–Crippen LogP) is 3.34. The molecule has 1 saturated heterocycles. The molecule has 3 amide bonds. The number of anilines is 2. The lowest BCUT2D eigenvalue weighted by molar-refractivity contribution is -0.119. The van der Waals surface area contributed by atoms with Crippen molar-refractivity contribution in [1.82, 2.24) is 5.32 Å². The predicted molar refractivity (Wildman–Crippen MR) is 111 cm³/mol. The first-order valence-corrected chi connectivity index (χ1v) is 9.92. The van der Waals surface area contributed by atoms with Gasteiger partial charge in [-0.2, -0.15) is 0 Å². The molecule has 2 heterocycles. The fourth-order valence-electron chi connectivity index (χ4n) is 3.79. The van der Waals surface area contributed by atoms with Gasteiger partial charge in [0.2, 0.25) is 5.91 Å². The largest absolute Gasteiger partial charge is 0.495 e. The van der Waals surface area contributed by atoms with Crippen molar-refractivity contribution in [3.8, 4) is 11.5 Å². The topological polar surface area (TPSA) is 79.9 Å². The number of urea groups is 1. The zero-order valence-corrected chi connectivity index (χ0v) is 16.4. The minimum atomic E-state index is -0.314. The monoisotopic (exact) mass is 395 g/mol. The number of nitrogens with one attached hydrogen (secondary N) is 2. The Labute approximate surface area is 170 Å². The summed E-state index contributed by atoms with van der Waals surface area (Å²) < 4.78 is 11.3. The second-order valence-corrected chi connectivity index (χ2v) is 7.28. The smallest absolute Gasteiger partial charge is 0.319 e. The van der Waals surface area contributed by atoms with E-state index in [1.54, 1.807) is 30.2 Å². The average Bonchev–Trinajstić information content (AvgIpc) is 3.16. The number of amides is 3. The highest BCUT2D eigenvalue weighted by Crippen LogP contribution is 2.33. The average molecular weight is 395 g/mol. The highest BCUT2D eigenvalue weighted by atomic mass is 16.5. The van der Waals surface area contributed by atoms with Crippen molar-refractivity contribution >= 4 is 23.3 Å². The molecule has 0 bridgehead atoms. The number of fused-ring (bicyclic) bond motifs is 1. The van der Waals surface area contributed by atoms with Crippen molar-refractivity contribution in [1.29, 1.82) is 0 Å². The SMILES string of the molecule is COc1ccc(NC(=O)NCC2Cc3ccccc3O2)cc1N1CCCCC1=O. The summed E-state index contributed by atoms with van der Waals surface area (Å²) in [6.07, 6.45) is 3.10. The standard InChI is InChI=1S/C22H25N3O4/c1-28-20-10-9-16(13-18(20)25-11-5-4-8-21(25)26)24-22(27)23-14-17-12-15-6-2-3-7-19(15)29-17/h2-3,6-7,9-10,13,17H,4-5,8,11-12,14H2,1H3,(H2,23,24,27). The van der Waals surface area contributed by atoms with Crippen LogP contribution in [0.3, 0.4) is 0 Å². The molecule has 2 aliphatic heterocycles. The lowest BCUT2D eigenvalue weighted by Gasteiger charge is -2.28. The molecule has 0 aliphatic carbocycles. The van der Waals surface area contributed by atoms with E-state index in [-0.39, 0.29) is 18.0 Å². The number of nitrogens with zero attached hydrogens (tertiary/aromatic N) is 1. The van der Waals surface area contributed by atoms with Gasteiger partial charge < -0.3 is 25.0 Å². The molecule has 1 fully saturated rings. The van der Waals surface area contributed by atoms with Crippen LogP contribution in [0, 0.1) is 0 Å². The first-order chi connectivity index (χ1) is 14.1. The second kappa shape index (κ2) is 8.43. The third-order valence-corrected chi connectivity index (χ3v) is 5.26. The van der Waals surface area contributed by atoms with Gasteiger partial charge in [-0.15, -0.1) is 0 Å². The molecule has 1 atom stereocenters. The molecule has 2 N–H and O–H groups in total. The Kier molecular flexibility index (Phi) is 5.55. The van der Waals surface area contributed by atoms with Gasteiger partial charge in [0.1, 0.15) is 17.6 Å². The number of rotatable bonds is 5. The summed E-state index contributed by atoms with van der Waals surface area (Å²) in [5, 5.41) is 5.69. The number of hydrogen-bond acceptors (Lipinski definition) is 4. The highest BCUT2D eigenvalue weighted by molar-refractivity contribution is 5.97. The number of benzene rings is 2. The molecule has 0 spiro atoms. The third-order valence-electron chi connectivity index (χ3n) is 5.26. The van der Waals surface area contributed by atoms with Crippen LogP contribution in [0.25, 0.3) is 0 Å². The van der Waals surface area contributed by atoms with Crippen LogP contribution in [0.15, 0.2) is 42.5 Å². The van der Waals surface area contributed by atoms with Crippen molar-refractivity contribution in [2.75, 3.05) is 30.4 Å². The van der Waals surface area contributed by atoms with Crippen molar-refractivity contribution in [2.24, 2.45) is 0 Å². The molecule has 152 valence electrons. The molecular formula is C22H25N3O4. The van der Waals surface area contributed by atoms with Crippen LogP contribution in [0.4, 0.5) is 16.2 Å². The third kappa shape index (κ3) is 4.29. The van der Waals surface area contributed by atoms with E-state index in [2.05, 4.69) is 10.6 Å². The summed E-state index contributed by atoms with van der Waals surface area (Å²) >= 11 is 0. The van der Waals surface area contributed by atoms with E-state index in [4.69, 9.17) is 9.47 Å². The number of para-hydroxylation sites is 1. The normalized spacial score (nSPS) is 18.0. The molecule has 0 saturated carbocycles. The minimum Gasteiger partial charge on any atom is -0.495 e. The van der Waals surface area contributed by atoms with Crippen molar-refractivity contribution in [3.05, 3.63) is 48.0 Å². The molecule has 0 radical (unpaired) electrons. The van der Waals surface area contributed by atoms with Crippen LogP contribution in [-0.4, -0.2) is 38.2 Å². The van der Waals surface area contributed by atoms with Gasteiger partial charge in [-0.1, -0.05) is 18.2 Å². The van der Waals surface area contributed by atoms with Crippen molar-refractivity contribution < 1.29 is 19.1 Å². The first-order valence-electron chi connectivity index (χ1n) is 9.92. The van der Waals surface area contributed by atoms with Crippen LogP contribution in [-0.2, 0) is 11.2 Å². The molecule has 7 heteroatoms. The van der Waals surface area contributed by atoms with Crippen LogP contribution in [0.1, 0.15) is 24.8 Å². The number of methoxy groups -OCH3 is 1. The molecule has 1 unspecified atom stereocenters. The van der Waals surface area contributed by atoms with Gasteiger partial charge >= 0.3 is 6.03 Å². The summed E-state index contributed by atoms with van der Waals surface area (Å²) in [6.45, 7) is 1.07. The summed E-state index contributed by atoms with van der Waals surface area (Å²) in [6, 6.07) is 12.9. The van der Waals surface area contributed by atoms with E-state index < -0.39 is 0 Å². The zero-order chi connectivity index (χ0) is 20.2. The molecule has 2 aromatic carbocycles. The number of piperidine rings is 1. The number of carbonyl (C=O) groups is 2. The quantitative estimate of drug-likeness (QED) is 0.814.